The van der Waals surface area contributed by atoms with Crippen LogP contribution < -0.4 is 4.52 Å². The van der Waals surface area contributed by atoms with E-state index in [-0.39, 0.29) is 17.5 Å². The normalized spacial score (nSPS) is 14.4. The van der Waals surface area contributed by atoms with Gasteiger partial charge in [-0.15, -0.1) is 0 Å². The Morgan fingerprint density at radius 2 is 2.06 bits per heavy atom. The summed E-state index contributed by atoms with van der Waals surface area (Å²) >= 11 is 0. The maximum absolute atomic E-state index is 11.9. The van der Waals surface area contributed by atoms with Gasteiger partial charge in [0.2, 0.25) is 0 Å². The molecule has 1 unspecified atom stereocenters. The van der Waals surface area contributed by atoms with Crippen LogP contribution in [-0.2, 0) is 9.09 Å². The second kappa shape index (κ2) is 5.29. The average Bonchev–Trinajstić information content (AvgIpc) is 2.14. The fraction of sp³-hybridized carbons (Fsp3) is 0.400. The minimum atomic E-state index is -3.24. The van der Waals surface area contributed by atoms with Gasteiger partial charge in [0.15, 0.2) is 0 Å². The van der Waals surface area contributed by atoms with Gasteiger partial charge < -0.3 is 4.52 Å². The second-order valence-corrected chi connectivity index (χ2v) is 5.71. The molecule has 0 N–H and O–H groups in total. The lowest BCUT2D eigenvalue weighted by Gasteiger charge is -2.17. The predicted octanol–water partition coefficient (Wildman–Crippen LogP) is 3.22. The van der Waals surface area contributed by atoms with Gasteiger partial charge in [-0.2, -0.15) is 0 Å². The molecule has 1 rings (SSSR count). The van der Waals surface area contributed by atoms with Gasteiger partial charge in [0.1, 0.15) is 5.75 Å². The van der Waals surface area contributed by atoms with Crippen LogP contribution in [0, 0.1) is 10.1 Å². The zero-order valence-corrected chi connectivity index (χ0v) is 10.7. The molecule has 0 heterocycles. The molecule has 0 aliphatic heterocycles. The van der Waals surface area contributed by atoms with E-state index in [1.54, 1.807) is 13.8 Å². The maximum atomic E-state index is 11.9. The van der Waals surface area contributed by atoms with Crippen molar-refractivity contribution in [3.63, 3.8) is 0 Å². The molecule has 7 heteroatoms. The molecule has 17 heavy (non-hydrogen) atoms. The highest BCUT2D eigenvalue weighted by Gasteiger charge is 2.21. The molecule has 0 saturated heterocycles. The number of nitro groups is 1. The van der Waals surface area contributed by atoms with Crippen LogP contribution in [0.1, 0.15) is 13.8 Å². The third-order valence-corrected chi connectivity index (χ3v) is 3.05. The number of hydrogen-bond donors (Lipinski definition) is 0. The highest BCUT2D eigenvalue weighted by Crippen LogP contribution is 2.45. The largest absolute Gasteiger partial charge is 0.424 e. The molecule has 0 saturated carbocycles. The van der Waals surface area contributed by atoms with E-state index in [0.717, 1.165) is 0 Å². The molecule has 0 radical (unpaired) electrons. The summed E-state index contributed by atoms with van der Waals surface area (Å²) in [5, 5.41) is 10.5. The van der Waals surface area contributed by atoms with Gasteiger partial charge in [-0.25, -0.2) is 4.57 Å². The summed E-state index contributed by atoms with van der Waals surface area (Å²) in [6.07, 6.45) is -0.246. The quantitative estimate of drug-likeness (QED) is 0.460. The molecule has 0 amide bonds. The lowest BCUT2D eigenvalue weighted by molar-refractivity contribution is -0.384. The Morgan fingerprint density at radius 3 is 2.59 bits per heavy atom. The SMILES string of the molecule is CC(C)OP(C)(=O)Oc1cccc([N+](=O)[O-])c1. The first-order chi connectivity index (χ1) is 7.80. The minimum Gasteiger partial charge on any atom is -0.424 e. The minimum absolute atomic E-state index is 0.118. The summed E-state index contributed by atoms with van der Waals surface area (Å²) in [5.74, 6) is 0.158. The Labute approximate surface area is 99.2 Å². The van der Waals surface area contributed by atoms with E-state index in [0.29, 0.717) is 0 Å². The predicted molar refractivity (Wildman–Crippen MR) is 63.5 cm³/mol. The van der Waals surface area contributed by atoms with Crippen molar-refractivity contribution in [2.45, 2.75) is 20.0 Å². The van der Waals surface area contributed by atoms with Gasteiger partial charge in [-0.05, 0) is 19.9 Å². The summed E-state index contributed by atoms with van der Waals surface area (Å²) in [4.78, 5) is 10.0. The summed E-state index contributed by atoms with van der Waals surface area (Å²) in [6.45, 7) is 4.78. The van der Waals surface area contributed by atoms with E-state index >= 15 is 0 Å². The molecule has 1 atom stereocenters. The van der Waals surface area contributed by atoms with Gasteiger partial charge in [-0.3, -0.25) is 14.6 Å². The number of benzene rings is 1. The van der Waals surface area contributed by atoms with Crippen LogP contribution >= 0.6 is 7.60 Å². The lowest BCUT2D eigenvalue weighted by atomic mass is 10.3. The van der Waals surface area contributed by atoms with Crippen molar-refractivity contribution in [2.24, 2.45) is 0 Å². The lowest BCUT2D eigenvalue weighted by Crippen LogP contribution is -2.04. The van der Waals surface area contributed by atoms with Gasteiger partial charge in [0.05, 0.1) is 17.1 Å². The van der Waals surface area contributed by atoms with Crippen LogP contribution in [0.5, 0.6) is 5.75 Å². The smallest absolute Gasteiger partial charge is 0.376 e. The van der Waals surface area contributed by atoms with Crippen molar-refractivity contribution >= 4 is 13.3 Å². The Balaban J connectivity index is 2.84. The van der Waals surface area contributed by atoms with Gasteiger partial charge >= 0.3 is 7.60 Å². The molecular weight excluding hydrogens is 245 g/mol. The summed E-state index contributed by atoms with van der Waals surface area (Å²) in [6, 6.07) is 5.49. The first kappa shape index (κ1) is 13.7. The number of nitro benzene ring substituents is 1. The fourth-order valence-electron chi connectivity index (χ4n) is 1.25. The van der Waals surface area contributed by atoms with Crippen molar-refractivity contribution in [2.75, 3.05) is 6.66 Å². The zero-order chi connectivity index (χ0) is 13.1. The molecule has 0 aliphatic rings. The van der Waals surface area contributed by atoms with Crippen LogP contribution in [0.2, 0.25) is 0 Å². The highest BCUT2D eigenvalue weighted by molar-refractivity contribution is 7.53. The van der Waals surface area contributed by atoms with Crippen LogP contribution in [0.15, 0.2) is 24.3 Å². The second-order valence-electron chi connectivity index (χ2n) is 3.77. The van der Waals surface area contributed by atoms with Gasteiger partial charge in [0.25, 0.3) is 5.69 Å². The first-order valence-corrected chi connectivity index (χ1v) is 6.99. The molecule has 0 bridgehead atoms. The first-order valence-electron chi connectivity index (χ1n) is 5.00. The number of non-ortho nitro benzene ring substituents is 1. The standard InChI is InChI=1S/C10H14NO5P/c1-8(2)15-17(3,14)16-10-6-4-5-9(7-10)11(12)13/h4-8H,1-3H3. The summed E-state index contributed by atoms with van der Waals surface area (Å²) < 4.78 is 22.1. The van der Waals surface area contributed by atoms with Crippen molar-refractivity contribution in [1.82, 2.24) is 0 Å². The molecule has 1 aromatic rings. The van der Waals surface area contributed by atoms with E-state index in [1.807, 2.05) is 0 Å². The Kier molecular flexibility index (Phi) is 4.26. The number of hydrogen-bond acceptors (Lipinski definition) is 5. The molecule has 1 aromatic carbocycles. The average molecular weight is 259 g/mol. The van der Waals surface area contributed by atoms with E-state index in [9.17, 15) is 14.7 Å². The maximum Gasteiger partial charge on any atom is 0.376 e. The molecule has 0 spiro atoms. The number of rotatable bonds is 5. The Hall–Kier alpha value is -1.39. The van der Waals surface area contributed by atoms with E-state index in [2.05, 4.69) is 0 Å². The van der Waals surface area contributed by atoms with E-state index in [4.69, 9.17) is 9.05 Å². The molecule has 94 valence electrons. The Morgan fingerprint density at radius 1 is 1.41 bits per heavy atom. The van der Waals surface area contributed by atoms with Crippen LogP contribution in [0.4, 0.5) is 5.69 Å². The van der Waals surface area contributed by atoms with Gasteiger partial charge in [0, 0.05) is 12.7 Å². The summed E-state index contributed by atoms with van der Waals surface area (Å²) in [7, 11) is -3.24. The van der Waals surface area contributed by atoms with Crippen molar-refractivity contribution < 1.29 is 18.5 Å². The molecule has 6 nitrogen and oxygen atoms in total. The summed E-state index contributed by atoms with van der Waals surface area (Å²) in [5.41, 5.74) is -0.118. The van der Waals surface area contributed by atoms with E-state index < -0.39 is 12.5 Å². The van der Waals surface area contributed by atoms with Crippen LogP contribution in [-0.4, -0.2) is 17.7 Å². The van der Waals surface area contributed by atoms with E-state index in [1.165, 1.54) is 30.9 Å². The topological polar surface area (TPSA) is 78.7 Å². The van der Waals surface area contributed by atoms with Gasteiger partial charge in [-0.1, -0.05) is 6.07 Å². The molecule has 0 fully saturated rings. The molecule has 0 aliphatic carbocycles. The highest BCUT2D eigenvalue weighted by atomic mass is 31.2. The molecular formula is C10H14NO5P. The van der Waals surface area contributed by atoms with Crippen molar-refractivity contribution in [3.05, 3.63) is 34.4 Å². The third-order valence-electron chi connectivity index (χ3n) is 1.70. The van der Waals surface area contributed by atoms with Crippen molar-refractivity contribution in [1.29, 1.82) is 0 Å². The fourth-order valence-corrected chi connectivity index (χ4v) is 2.56. The zero-order valence-electron chi connectivity index (χ0n) is 9.82. The third kappa shape index (κ3) is 4.54. The van der Waals surface area contributed by atoms with Crippen molar-refractivity contribution in [3.8, 4) is 5.75 Å². The van der Waals surface area contributed by atoms with Crippen LogP contribution in [0.3, 0.4) is 0 Å². The Bertz CT molecular complexity index is 460. The molecule has 0 aromatic heterocycles. The number of nitrogens with zero attached hydrogens (tertiary/aromatic N) is 1. The van der Waals surface area contributed by atoms with Crippen LogP contribution in [0.25, 0.3) is 0 Å². The monoisotopic (exact) mass is 259 g/mol.